The highest BCUT2D eigenvalue weighted by molar-refractivity contribution is 5.78. The minimum atomic E-state index is -0.562. The SMILES string of the molecule is CC(C(=O)NN)C(C)N1CCCC(C)(O)CC1. The third kappa shape index (κ3) is 3.94. The van der Waals surface area contributed by atoms with Gasteiger partial charge in [0.05, 0.1) is 11.5 Å². The van der Waals surface area contributed by atoms with E-state index in [1.807, 2.05) is 20.8 Å². The van der Waals surface area contributed by atoms with Crippen molar-refractivity contribution in [2.45, 2.75) is 51.7 Å². The Kier molecular flexibility index (Phi) is 4.91. The number of nitrogens with two attached hydrogens (primary N) is 1. The molecule has 1 amide bonds. The Morgan fingerprint density at radius 1 is 1.41 bits per heavy atom. The first kappa shape index (κ1) is 14.4. The fourth-order valence-corrected chi connectivity index (χ4v) is 2.36. The average molecular weight is 243 g/mol. The number of carbonyl (C=O) groups excluding carboxylic acids is 1. The van der Waals surface area contributed by atoms with Crippen molar-refractivity contribution in [2.24, 2.45) is 11.8 Å². The molecule has 5 nitrogen and oxygen atoms in total. The first-order chi connectivity index (χ1) is 7.87. The minimum Gasteiger partial charge on any atom is -0.390 e. The van der Waals surface area contributed by atoms with Crippen molar-refractivity contribution in [1.29, 1.82) is 0 Å². The molecule has 1 fully saturated rings. The highest BCUT2D eigenvalue weighted by atomic mass is 16.3. The summed E-state index contributed by atoms with van der Waals surface area (Å²) in [6.45, 7) is 7.57. The van der Waals surface area contributed by atoms with Gasteiger partial charge in [-0.3, -0.25) is 15.1 Å². The molecular formula is C12H25N3O2. The number of nitrogens with one attached hydrogen (secondary N) is 1. The highest BCUT2D eigenvalue weighted by Gasteiger charge is 2.30. The molecule has 17 heavy (non-hydrogen) atoms. The van der Waals surface area contributed by atoms with Gasteiger partial charge in [0.1, 0.15) is 0 Å². The molecule has 5 heteroatoms. The summed E-state index contributed by atoms with van der Waals surface area (Å²) in [6.07, 6.45) is 2.55. The molecule has 0 bridgehead atoms. The van der Waals surface area contributed by atoms with Crippen molar-refractivity contribution in [1.82, 2.24) is 10.3 Å². The summed E-state index contributed by atoms with van der Waals surface area (Å²) < 4.78 is 0. The first-order valence-electron chi connectivity index (χ1n) is 6.34. The molecule has 3 unspecified atom stereocenters. The molecule has 100 valence electrons. The Morgan fingerprint density at radius 3 is 2.65 bits per heavy atom. The number of amides is 1. The Hall–Kier alpha value is -0.650. The zero-order valence-corrected chi connectivity index (χ0v) is 11.1. The van der Waals surface area contributed by atoms with Crippen molar-refractivity contribution in [2.75, 3.05) is 13.1 Å². The van der Waals surface area contributed by atoms with Crippen LogP contribution >= 0.6 is 0 Å². The van der Waals surface area contributed by atoms with Crippen LogP contribution in [-0.4, -0.2) is 40.6 Å². The largest absolute Gasteiger partial charge is 0.390 e. The number of aliphatic hydroxyl groups is 1. The lowest BCUT2D eigenvalue weighted by Gasteiger charge is -2.31. The van der Waals surface area contributed by atoms with Gasteiger partial charge in [-0.05, 0) is 39.7 Å². The monoisotopic (exact) mass is 243 g/mol. The fourth-order valence-electron chi connectivity index (χ4n) is 2.36. The highest BCUT2D eigenvalue weighted by Crippen LogP contribution is 2.24. The molecule has 0 aliphatic carbocycles. The van der Waals surface area contributed by atoms with Crippen molar-refractivity contribution in [3.8, 4) is 0 Å². The molecular weight excluding hydrogens is 218 g/mol. The van der Waals surface area contributed by atoms with Gasteiger partial charge < -0.3 is 5.11 Å². The summed E-state index contributed by atoms with van der Waals surface area (Å²) in [5, 5.41) is 10.0. The third-order valence-electron chi connectivity index (χ3n) is 3.95. The molecule has 0 aromatic heterocycles. The second-order valence-corrected chi connectivity index (χ2v) is 5.42. The van der Waals surface area contributed by atoms with E-state index in [0.29, 0.717) is 0 Å². The molecule has 3 atom stereocenters. The number of hydrogen-bond acceptors (Lipinski definition) is 4. The summed E-state index contributed by atoms with van der Waals surface area (Å²) in [5.74, 6) is 4.89. The molecule has 1 aliphatic rings. The van der Waals surface area contributed by atoms with Gasteiger partial charge in [-0.1, -0.05) is 6.92 Å². The Morgan fingerprint density at radius 2 is 2.06 bits per heavy atom. The predicted octanol–water partition coefficient (Wildman–Crippen LogP) is 0.238. The van der Waals surface area contributed by atoms with Crippen LogP contribution in [0.4, 0.5) is 0 Å². The molecule has 1 aliphatic heterocycles. The van der Waals surface area contributed by atoms with Crippen molar-refractivity contribution in [3.05, 3.63) is 0 Å². The number of nitrogens with zero attached hydrogens (tertiary/aromatic N) is 1. The molecule has 1 heterocycles. The van der Waals surface area contributed by atoms with E-state index in [-0.39, 0.29) is 17.9 Å². The lowest BCUT2D eigenvalue weighted by Crippen LogP contribution is -2.46. The Bertz CT molecular complexity index is 268. The van der Waals surface area contributed by atoms with Gasteiger partial charge in [0.15, 0.2) is 0 Å². The van der Waals surface area contributed by atoms with Crippen LogP contribution in [-0.2, 0) is 4.79 Å². The van der Waals surface area contributed by atoms with Gasteiger partial charge in [0.2, 0.25) is 5.91 Å². The maximum absolute atomic E-state index is 11.5. The van der Waals surface area contributed by atoms with Gasteiger partial charge >= 0.3 is 0 Å². The van der Waals surface area contributed by atoms with Crippen LogP contribution in [0.3, 0.4) is 0 Å². The van der Waals surface area contributed by atoms with Crippen LogP contribution in [0.1, 0.15) is 40.0 Å². The van der Waals surface area contributed by atoms with Crippen LogP contribution in [0.15, 0.2) is 0 Å². The maximum Gasteiger partial charge on any atom is 0.238 e. The number of rotatable bonds is 3. The van der Waals surface area contributed by atoms with Crippen LogP contribution in [0, 0.1) is 5.92 Å². The second-order valence-electron chi connectivity index (χ2n) is 5.42. The van der Waals surface area contributed by atoms with Gasteiger partial charge in [-0.15, -0.1) is 0 Å². The summed E-state index contributed by atoms with van der Waals surface area (Å²) in [6, 6.07) is 0.146. The molecule has 0 spiro atoms. The van der Waals surface area contributed by atoms with E-state index in [0.717, 1.165) is 32.4 Å². The van der Waals surface area contributed by atoms with Crippen LogP contribution in [0.25, 0.3) is 0 Å². The standard InChI is InChI=1S/C12H25N3O2/c1-9(11(16)14-13)10(2)15-7-4-5-12(3,17)6-8-15/h9-10,17H,4-8,13H2,1-3H3,(H,14,16). The molecule has 0 radical (unpaired) electrons. The van der Waals surface area contributed by atoms with Crippen molar-refractivity contribution in [3.63, 3.8) is 0 Å². The van der Waals surface area contributed by atoms with Crippen molar-refractivity contribution < 1.29 is 9.90 Å². The van der Waals surface area contributed by atoms with Gasteiger partial charge in [0.25, 0.3) is 0 Å². The zero-order valence-electron chi connectivity index (χ0n) is 11.1. The van der Waals surface area contributed by atoms with E-state index in [1.165, 1.54) is 0 Å². The van der Waals surface area contributed by atoms with Gasteiger partial charge in [0, 0.05) is 12.6 Å². The third-order valence-corrected chi connectivity index (χ3v) is 3.95. The lowest BCUT2D eigenvalue weighted by atomic mass is 9.98. The molecule has 0 aromatic carbocycles. The number of likely N-dealkylation sites (tertiary alicyclic amines) is 1. The maximum atomic E-state index is 11.5. The van der Waals surface area contributed by atoms with Crippen LogP contribution < -0.4 is 11.3 Å². The average Bonchev–Trinajstić information content (AvgIpc) is 2.47. The summed E-state index contributed by atoms with van der Waals surface area (Å²) in [5.41, 5.74) is 1.64. The fraction of sp³-hybridized carbons (Fsp3) is 0.917. The summed E-state index contributed by atoms with van der Waals surface area (Å²) >= 11 is 0. The topological polar surface area (TPSA) is 78.6 Å². The van der Waals surface area contributed by atoms with Crippen molar-refractivity contribution >= 4 is 5.91 Å². The first-order valence-corrected chi connectivity index (χ1v) is 6.34. The smallest absolute Gasteiger partial charge is 0.238 e. The molecule has 4 N–H and O–H groups in total. The van der Waals surface area contributed by atoms with Gasteiger partial charge in [-0.2, -0.15) is 0 Å². The van der Waals surface area contributed by atoms with Crippen LogP contribution in [0.2, 0.25) is 0 Å². The number of hydrogen-bond donors (Lipinski definition) is 3. The number of carbonyl (C=O) groups is 1. The lowest BCUT2D eigenvalue weighted by molar-refractivity contribution is -0.126. The van der Waals surface area contributed by atoms with Gasteiger partial charge in [-0.25, -0.2) is 5.84 Å². The molecule has 0 saturated carbocycles. The van der Waals surface area contributed by atoms with Crippen LogP contribution in [0.5, 0.6) is 0 Å². The van der Waals surface area contributed by atoms with E-state index in [4.69, 9.17) is 5.84 Å². The normalized spacial score (nSPS) is 30.4. The predicted molar refractivity (Wildman–Crippen MR) is 67.0 cm³/mol. The zero-order chi connectivity index (χ0) is 13.1. The quantitative estimate of drug-likeness (QED) is 0.377. The van der Waals surface area contributed by atoms with E-state index in [1.54, 1.807) is 0 Å². The molecule has 0 aromatic rings. The van der Waals surface area contributed by atoms with E-state index < -0.39 is 5.60 Å². The second kappa shape index (κ2) is 5.80. The minimum absolute atomic E-state index is 0.131. The number of hydrazine groups is 1. The van der Waals surface area contributed by atoms with E-state index in [9.17, 15) is 9.90 Å². The summed E-state index contributed by atoms with van der Waals surface area (Å²) in [4.78, 5) is 13.8. The Labute approximate surface area is 103 Å². The molecule has 1 rings (SSSR count). The summed E-state index contributed by atoms with van der Waals surface area (Å²) in [7, 11) is 0. The van der Waals surface area contributed by atoms with E-state index >= 15 is 0 Å². The molecule has 1 saturated heterocycles. The Balaban J connectivity index is 2.58. The van der Waals surface area contributed by atoms with E-state index in [2.05, 4.69) is 10.3 Å².